The van der Waals surface area contributed by atoms with Crippen molar-refractivity contribution in [2.45, 2.75) is 12.8 Å². The molecule has 140 valence electrons. The first-order valence-electron chi connectivity index (χ1n) is 9.40. The number of anilines is 1. The van der Waals surface area contributed by atoms with E-state index in [9.17, 15) is 4.79 Å². The van der Waals surface area contributed by atoms with Gasteiger partial charge in [0.25, 0.3) is 5.56 Å². The molecule has 2 heterocycles. The number of nitrogens with one attached hydrogen (secondary N) is 1. The average molecular weight is 383 g/mol. The van der Waals surface area contributed by atoms with Gasteiger partial charge in [-0.3, -0.25) is 9.69 Å². The third kappa shape index (κ3) is 4.31. The summed E-state index contributed by atoms with van der Waals surface area (Å²) in [6.07, 6.45) is 1.77. The van der Waals surface area contributed by atoms with Crippen molar-refractivity contribution in [3.63, 3.8) is 0 Å². The van der Waals surface area contributed by atoms with Crippen LogP contribution in [0.25, 0.3) is 10.9 Å². The third-order valence-electron chi connectivity index (χ3n) is 5.10. The molecule has 5 nitrogen and oxygen atoms in total. The SMILES string of the molecule is O=c1[nH]c(CCCN2CCN(c3cccc(Cl)c3)CC2)nc2ccccc12. The van der Waals surface area contributed by atoms with Crippen molar-refractivity contribution in [1.29, 1.82) is 0 Å². The fourth-order valence-electron chi connectivity index (χ4n) is 3.63. The lowest BCUT2D eigenvalue weighted by Gasteiger charge is -2.36. The number of rotatable bonds is 5. The Kier molecular flexibility index (Phi) is 5.41. The van der Waals surface area contributed by atoms with Gasteiger partial charge < -0.3 is 9.88 Å². The zero-order valence-electron chi connectivity index (χ0n) is 15.2. The molecular weight excluding hydrogens is 360 g/mol. The van der Waals surface area contributed by atoms with E-state index < -0.39 is 0 Å². The van der Waals surface area contributed by atoms with E-state index in [2.05, 4.69) is 25.8 Å². The van der Waals surface area contributed by atoms with Crippen LogP contribution in [-0.4, -0.2) is 47.6 Å². The summed E-state index contributed by atoms with van der Waals surface area (Å²) >= 11 is 6.10. The van der Waals surface area contributed by atoms with Crippen molar-refractivity contribution in [3.8, 4) is 0 Å². The van der Waals surface area contributed by atoms with Crippen LogP contribution >= 0.6 is 11.6 Å². The summed E-state index contributed by atoms with van der Waals surface area (Å²) in [5.41, 5.74) is 1.91. The highest BCUT2D eigenvalue weighted by Crippen LogP contribution is 2.20. The summed E-state index contributed by atoms with van der Waals surface area (Å²) in [5, 5.41) is 1.44. The first-order chi connectivity index (χ1) is 13.2. The first kappa shape index (κ1) is 18.0. The van der Waals surface area contributed by atoms with Crippen molar-refractivity contribution < 1.29 is 0 Å². The second kappa shape index (κ2) is 8.11. The summed E-state index contributed by atoms with van der Waals surface area (Å²) in [7, 11) is 0. The zero-order chi connectivity index (χ0) is 18.6. The smallest absolute Gasteiger partial charge is 0.258 e. The molecule has 0 aliphatic carbocycles. The Bertz CT molecular complexity index is 979. The lowest BCUT2D eigenvalue weighted by atomic mass is 10.2. The number of fused-ring (bicyclic) bond motifs is 1. The third-order valence-corrected chi connectivity index (χ3v) is 5.33. The van der Waals surface area contributed by atoms with Gasteiger partial charge in [0.15, 0.2) is 0 Å². The molecule has 0 saturated carbocycles. The van der Waals surface area contributed by atoms with Gasteiger partial charge in [0.05, 0.1) is 10.9 Å². The lowest BCUT2D eigenvalue weighted by Crippen LogP contribution is -2.46. The number of nitrogens with zero attached hydrogens (tertiary/aromatic N) is 3. The average Bonchev–Trinajstić information content (AvgIpc) is 2.69. The van der Waals surface area contributed by atoms with Crippen molar-refractivity contribution in [1.82, 2.24) is 14.9 Å². The fraction of sp³-hybridized carbons (Fsp3) is 0.333. The van der Waals surface area contributed by atoms with Crippen LogP contribution in [0.3, 0.4) is 0 Å². The van der Waals surface area contributed by atoms with Crippen LogP contribution in [0.1, 0.15) is 12.2 Å². The van der Waals surface area contributed by atoms with Gasteiger partial charge in [0.1, 0.15) is 5.82 Å². The molecule has 2 aromatic carbocycles. The predicted molar refractivity (Wildman–Crippen MR) is 111 cm³/mol. The van der Waals surface area contributed by atoms with Crippen LogP contribution in [0.4, 0.5) is 5.69 Å². The molecule has 0 atom stereocenters. The predicted octanol–water partition coefficient (Wildman–Crippen LogP) is 3.33. The van der Waals surface area contributed by atoms with E-state index in [0.29, 0.717) is 5.39 Å². The van der Waals surface area contributed by atoms with Crippen molar-refractivity contribution in [3.05, 3.63) is 69.7 Å². The molecule has 1 saturated heterocycles. The maximum absolute atomic E-state index is 12.1. The van der Waals surface area contributed by atoms with E-state index in [1.54, 1.807) is 0 Å². The minimum Gasteiger partial charge on any atom is -0.369 e. The molecule has 27 heavy (non-hydrogen) atoms. The molecule has 0 spiro atoms. The van der Waals surface area contributed by atoms with E-state index in [-0.39, 0.29) is 5.56 Å². The summed E-state index contributed by atoms with van der Waals surface area (Å²) < 4.78 is 0. The second-order valence-electron chi connectivity index (χ2n) is 6.94. The number of aryl methyl sites for hydroxylation is 1. The van der Waals surface area contributed by atoms with Crippen LogP contribution in [-0.2, 0) is 6.42 Å². The van der Waals surface area contributed by atoms with E-state index in [0.717, 1.165) is 61.9 Å². The molecule has 4 rings (SSSR count). The van der Waals surface area contributed by atoms with Gasteiger partial charge in [0, 0.05) is 43.3 Å². The number of benzene rings is 2. The molecule has 1 aromatic heterocycles. The van der Waals surface area contributed by atoms with Gasteiger partial charge in [-0.15, -0.1) is 0 Å². The number of H-pyrrole nitrogens is 1. The van der Waals surface area contributed by atoms with Gasteiger partial charge in [-0.1, -0.05) is 29.8 Å². The maximum atomic E-state index is 12.1. The van der Waals surface area contributed by atoms with Gasteiger partial charge >= 0.3 is 0 Å². The maximum Gasteiger partial charge on any atom is 0.258 e. The van der Waals surface area contributed by atoms with Crippen LogP contribution < -0.4 is 10.5 Å². The van der Waals surface area contributed by atoms with Crippen molar-refractivity contribution in [2.75, 3.05) is 37.6 Å². The number of aromatic nitrogens is 2. The molecule has 0 bridgehead atoms. The van der Waals surface area contributed by atoms with Crippen molar-refractivity contribution in [2.24, 2.45) is 0 Å². The van der Waals surface area contributed by atoms with Gasteiger partial charge in [-0.25, -0.2) is 4.98 Å². The highest BCUT2D eigenvalue weighted by molar-refractivity contribution is 6.30. The molecule has 0 amide bonds. The highest BCUT2D eigenvalue weighted by atomic mass is 35.5. The highest BCUT2D eigenvalue weighted by Gasteiger charge is 2.17. The van der Waals surface area contributed by atoms with Crippen LogP contribution in [0, 0.1) is 0 Å². The Hall–Kier alpha value is -2.37. The van der Waals surface area contributed by atoms with Crippen LogP contribution in [0.15, 0.2) is 53.3 Å². The zero-order valence-corrected chi connectivity index (χ0v) is 16.0. The Morgan fingerprint density at radius 1 is 1.04 bits per heavy atom. The standard InChI is InChI=1S/C21H23ClN4O/c22-16-5-3-6-17(15-16)26-13-11-25(12-14-26)10-4-9-20-23-19-8-2-1-7-18(19)21(27)24-20/h1-3,5-8,15H,4,9-14H2,(H,23,24,27). The molecule has 1 N–H and O–H groups in total. The molecule has 3 aromatic rings. The van der Waals surface area contributed by atoms with Gasteiger partial charge in [-0.2, -0.15) is 0 Å². The van der Waals surface area contributed by atoms with E-state index in [1.807, 2.05) is 42.5 Å². The molecule has 1 aliphatic heterocycles. The molecule has 1 fully saturated rings. The number of piperazine rings is 1. The molecule has 0 unspecified atom stereocenters. The van der Waals surface area contributed by atoms with E-state index in [4.69, 9.17) is 11.6 Å². The van der Waals surface area contributed by atoms with Gasteiger partial charge in [-0.05, 0) is 43.3 Å². The molecular formula is C21H23ClN4O. The first-order valence-corrected chi connectivity index (χ1v) is 9.78. The summed E-state index contributed by atoms with van der Waals surface area (Å²) in [4.78, 5) is 24.5. The Labute approximate surface area is 163 Å². The van der Waals surface area contributed by atoms with Gasteiger partial charge in [0.2, 0.25) is 0 Å². The van der Waals surface area contributed by atoms with Crippen LogP contribution in [0.2, 0.25) is 5.02 Å². The van der Waals surface area contributed by atoms with Crippen molar-refractivity contribution >= 4 is 28.2 Å². The van der Waals surface area contributed by atoms with Crippen LogP contribution in [0.5, 0.6) is 0 Å². The summed E-state index contributed by atoms with van der Waals surface area (Å²) in [5.74, 6) is 0.774. The molecule has 0 radical (unpaired) electrons. The topological polar surface area (TPSA) is 52.2 Å². The largest absolute Gasteiger partial charge is 0.369 e. The summed E-state index contributed by atoms with van der Waals surface area (Å²) in [6, 6.07) is 15.5. The normalized spacial score (nSPS) is 15.4. The Morgan fingerprint density at radius 2 is 1.85 bits per heavy atom. The number of hydrogen-bond acceptors (Lipinski definition) is 4. The number of aromatic amines is 1. The second-order valence-corrected chi connectivity index (χ2v) is 7.38. The lowest BCUT2D eigenvalue weighted by molar-refractivity contribution is 0.254. The number of para-hydroxylation sites is 1. The summed E-state index contributed by atoms with van der Waals surface area (Å²) in [6.45, 7) is 5.10. The van der Waals surface area contributed by atoms with E-state index >= 15 is 0 Å². The number of hydrogen-bond donors (Lipinski definition) is 1. The monoisotopic (exact) mass is 382 g/mol. The molecule has 1 aliphatic rings. The fourth-order valence-corrected chi connectivity index (χ4v) is 3.81. The quantitative estimate of drug-likeness (QED) is 0.735. The minimum absolute atomic E-state index is 0.0502. The van der Waals surface area contributed by atoms with E-state index in [1.165, 1.54) is 5.69 Å². The Morgan fingerprint density at radius 3 is 2.67 bits per heavy atom. The Balaban J connectivity index is 1.29. The molecule has 6 heteroatoms. The number of halogens is 1. The minimum atomic E-state index is -0.0502.